The van der Waals surface area contributed by atoms with Crippen molar-refractivity contribution in [2.24, 2.45) is 5.92 Å². The Morgan fingerprint density at radius 3 is 2.49 bits per heavy atom. The number of hydrogen-bond acceptors (Lipinski definition) is 6. The highest BCUT2D eigenvalue weighted by Crippen LogP contribution is 2.29. The van der Waals surface area contributed by atoms with Crippen LogP contribution in [0.25, 0.3) is 10.8 Å². The van der Waals surface area contributed by atoms with Crippen molar-refractivity contribution in [3.8, 4) is 11.6 Å². The molecule has 0 radical (unpaired) electrons. The lowest BCUT2D eigenvalue weighted by atomic mass is 10.0. The van der Waals surface area contributed by atoms with Crippen LogP contribution in [0.15, 0.2) is 79.1 Å². The number of fused-ring (bicyclic) bond motifs is 1. The van der Waals surface area contributed by atoms with Crippen molar-refractivity contribution in [1.82, 2.24) is 9.97 Å². The summed E-state index contributed by atoms with van der Waals surface area (Å²) >= 11 is 0. The number of amides is 1. The molecule has 0 saturated heterocycles. The number of carbonyl (C=O) groups excluding carboxylic acids is 2. The SMILES string of the molecule is CCOC(=O)c1cc(Oc2ccc3c(C(=O)N(CC(C)C)c4ccccc4)cccc3c2)ncn1. The van der Waals surface area contributed by atoms with Crippen molar-refractivity contribution < 1.29 is 19.1 Å². The number of benzene rings is 3. The lowest BCUT2D eigenvalue weighted by molar-refractivity contribution is 0.0518. The predicted octanol–water partition coefficient (Wildman–Crippen LogP) is 5.90. The molecule has 0 fully saturated rings. The van der Waals surface area contributed by atoms with Gasteiger partial charge in [0.1, 0.15) is 12.1 Å². The minimum absolute atomic E-state index is 0.0564. The fraction of sp³-hybridized carbons (Fsp3) is 0.214. The number of nitrogens with zero attached hydrogens (tertiary/aromatic N) is 3. The number of carbonyl (C=O) groups is 2. The van der Waals surface area contributed by atoms with Gasteiger partial charge in [0.15, 0.2) is 5.69 Å². The quantitative estimate of drug-likeness (QED) is 0.299. The number of anilines is 1. The summed E-state index contributed by atoms with van der Waals surface area (Å²) in [5, 5.41) is 1.68. The van der Waals surface area contributed by atoms with Crippen LogP contribution in [0.4, 0.5) is 5.69 Å². The van der Waals surface area contributed by atoms with E-state index >= 15 is 0 Å². The van der Waals surface area contributed by atoms with Gasteiger partial charge in [0.05, 0.1) is 6.61 Å². The molecule has 1 amide bonds. The molecular weight excluding hydrogens is 442 g/mol. The normalized spacial score (nSPS) is 10.9. The third kappa shape index (κ3) is 5.63. The lowest BCUT2D eigenvalue weighted by Gasteiger charge is -2.25. The summed E-state index contributed by atoms with van der Waals surface area (Å²) in [4.78, 5) is 35.4. The number of para-hydroxylation sites is 1. The molecule has 3 aromatic carbocycles. The molecule has 1 aromatic heterocycles. The molecule has 4 aromatic rings. The van der Waals surface area contributed by atoms with E-state index in [1.54, 1.807) is 13.0 Å². The van der Waals surface area contributed by atoms with E-state index in [2.05, 4.69) is 23.8 Å². The van der Waals surface area contributed by atoms with Crippen molar-refractivity contribution in [1.29, 1.82) is 0 Å². The number of rotatable bonds is 8. The van der Waals surface area contributed by atoms with Gasteiger partial charge in [-0.2, -0.15) is 0 Å². The third-order valence-corrected chi connectivity index (χ3v) is 5.29. The Bertz CT molecular complexity index is 1340. The monoisotopic (exact) mass is 469 g/mol. The van der Waals surface area contributed by atoms with Crippen LogP contribution < -0.4 is 9.64 Å². The molecule has 0 aliphatic heterocycles. The first kappa shape index (κ1) is 23.9. The summed E-state index contributed by atoms with van der Waals surface area (Å²) in [6, 6.07) is 22.3. The molecule has 7 nitrogen and oxygen atoms in total. The zero-order chi connectivity index (χ0) is 24.8. The maximum atomic E-state index is 13.7. The fourth-order valence-electron chi connectivity index (χ4n) is 3.77. The van der Waals surface area contributed by atoms with Crippen LogP contribution in [-0.4, -0.2) is 35.0 Å². The van der Waals surface area contributed by atoms with Crippen LogP contribution in [-0.2, 0) is 4.74 Å². The summed E-state index contributed by atoms with van der Waals surface area (Å²) < 4.78 is 10.9. The first-order chi connectivity index (χ1) is 17.0. The van der Waals surface area contributed by atoms with Crippen molar-refractivity contribution in [3.05, 3.63) is 90.4 Å². The molecule has 0 spiro atoms. The molecule has 35 heavy (non-hydrogen) atoms. The van der Waals surface area contributed by atoms with Gasteiger partial charge in [0.2, 0.25) is 5.88 Å². The molecule has 0 aliphatic rings. The highest BCUT2D eigenvalue weighted by molar-refractivity contribution is 6.14. The van der Waals surface area contributed by atoms with Crippen molar-refractivity contribution in [3.63, 3.8) is 0 Å². The van der Waals surface area contributed by atoms with Crippen molar-refractivity contribution >= 4 is 28.3 Å². The minimum atomic E-state index is -0.536. The molecule has 4 rings (SSSR count). The van der Waals surface area contributed by atoms with Gasteiger partial charge in [-0.1, -0.05) is 44.2 Å². The molecule has 1 heterocycles. The Morgan fingerprint density at radius 2 is 1.74 bits per heavy atom. The smallest absolute Gasteiger partial charge is 0.357 e. The van der Waals surface area contributed by atoms with E-state index in [4.69, 9.17) is 9.47 Å². The zero-order valence-corrected chi connectivity index (χ0v) is 20.0. The van der Waals surface area contributed by atoms with Gasteiger partial charge in [-0.15, -0.1) is 0 Å². The van der Waals surface area contributed by atoms with E-state index in [0.717, 1.165) is 16.5 Å². The number of hydrogen-bond donors (Lipinski definition) is 0. The molecule has 0 N–H and O–H groups in total. The molecule has 0 saturated carbocycles. The average molecular weight is 470 g/mol. The van der Waals surface area contributed by atoms with Crippen LogP contribution in [0.3, 0.4) is 0 Å². The van der Waals surface area contributed by atoms with Gasteiger partial charge in [-0.3, -0.25) is 4.79 Å². The number of ether oxygens (including phenoxy) is 2. The standard InChI is InChI=1S/C28H27N3O4/c1-4-34-28(33)25-16-26(30-18-29-25)35-22-13-14-23-20(15-22)9-8-12-24(23)27(32)31(17-19(2)3)21-10-6-5-7-11-21/h5-16,18-19H,4,17H2,1-3H3. The van der Waals surface area contributed by atoms with Crippen molar-refractivity contribution in [2.45, 2.75) is 20.8 Å². The topological polar surface area (TPSA) is 81.6 Å². The Kier molecular flexibility index (Phi) is 7.35. The zero-order valence-electron chi connectivity index (χ0n) is 20.0. The van der Waals surface area contributed by atoms with E-state index in [0.29, 0.717) is 23.8 Å². The summed E-state index contributed by atoms with van der Waals surface area (Å²) in [5.41, 5.74) is 1.60. The second kappa shape index (κ2) is 10.8. The summed E-state index contributed by atoms with van der Waals surface area (Å²) in [7, 11) is 0. The first-order valence-corrected chi connectivity index (χ1v) is 11.5. The first-order valence-electron chi connectivity index (χ1n) is 11.5. The van der Waals surface area contributed by atoms with Gasteiger partial charge in [0, 0.05) is 23.9 Å². The Hall–Kier alpha value is -4.26. The Morgan fingerprint density at radius 1 is 0.943 bits per heavy atom. The molecule has 0 aliphatic carbocycles. The summed E-state index contributed by atoms with van der Waals surface area (Å²) in [6.45, 7) is 6.78. The van der Waals surface area contributed by atoms with E-state index < -0.39 is 5.97 Å². The van der Waals surface area contributed by atoms with Crippen molar-refractivity contribution in [2.75, 3.05) is 18.1 Å². The molecular formula is C28H27N3O4. The van der Waals surface area contributed by atoms with Gasteiger partial charge < -0.3 is 14.4 Å². The molecule has 0 bridgehead atoms. The summed E-state index contributed by atoms with van der Waals surface area (Å²) in [6.07, 6.45) is 1.26. The second-order valence-electron chi connectivity index (χ2n) is 8.40. The Balaban J connectivity index is 1.63. The van der Waals surface area contributed by atoms with E-state index in [1.807, 2.05) is 65.6 Å². The van der Waals surface area contributed by atoms with Gasteiger partial charge in [0.25, 0.3) is 5.91 Å². The minimum Gasteiger partial charge on any atom is -0.461 e. The van der Waals surface area contributed by atoms with Crippen LogP contribution in [0.5, 0.6) is 11.6 Å². The highest BCUT2D eigenvalue weighted by Gasteiger charge is 2.21. The Labute approximate surface area is 204 Å². The fourth-order valence-corrected chi connectivity index (χ4v) is 3.77. The maximum absolute atomic E-state index is 13.7. The number of esters is 1. The summed E-state index contributed by atoms with van der Waals surface area (Å²) in [5.74, 6) is 0.464. The molecule has 0 atom stereocenters. The van der Waals surface area contributed by atoms with Gasteiger partial charge in [-0.05, 0) is 60.0 Å². The largest absolute Gasteiger partial charge is 0.461 e. The van der Waals surface area contributed by atoms with Crippen LogP contribution in [0, 0.1) is 5.92 Å². The highest BCUT2D eigenvalue weighted by atomic mass is 16.5. The second-order valence-corrected chi connectivity index (χ2v) is 8.40. The van der Waals surface area contributed by atoms with E-state index in [9.17, 15) is 9.59 Å². The van der Waals surface area contributed by atoms with Gasteiger partial charge in [-0.25, -0.2) is 14.8 Å². The van der Waals surface area contributed by atoms with E-state index in [-0.39, 0.29) is 24.1 Å². The van der Waals surface area contributed by atoms with Crippen LogP contribution in [0.2, 0.25) is 0 Å². The van der Waals surface area contributed by atoms with Gasteiger partial charge >= 0.3 is 5.97 Å². The third-order valence-electron chi connectivity index (χ3n) is 5.29. The molecule has 178 valence electrons. The lowest BCUT2D eigenvalue weighted by Crippen LogP contribution is -2.34. The predicted molar refractivity (Wildman–Crippen MR) is 135 cm³/mol. The number of aromatic nitrogens is 2. The average Bonchev–Trinajstić information content (AvgIpc) is 2.87. The maximum Gasteiger partial charge on any atom is 0.357 e. The van der Waals surface area contributed by atoms with E-state index in [1.165, 1.54) is 12.4 Å². The molecule has 0 unspecified atom stereocenters. The van der Waals surface area contributed by atoms with Crippen LogP contribution >= 0.6 is 0 Å². The van der Waals surface area contributed by atoms with Crippen LogP contribution in [0.1, 0.15) is 41.6 Å². The molecule has 7 heteroatoms.